The quantitative estimate of drug-likeness (QED) is 0.452. The lowest BCUT2D eigenvalue weighted by Crippen LogP contribution is -2.69. The fourth-order valence-corrected chi connectivity index (χ4v) is 1.33. The van der Waals surface area contributed by atoms with Crippen molar-refractivity contribution in [1.29, 1.82) is 0 Å². The minimum absolute atomic E-state index is 0.318. The second-order valence-corrected chi connectivity index (χ2v) is 4.38. The molecule has 4 amide bonds. The van der Waals surface area contributed by atoms with Gasteiger partial charge in [0.05, 0.1) is 0 Å². The second-order valence-electron chi connectivity index (χ2n) is 3.51. The van der Waals surface area contributed by atoms with Crippen molar-refractivity contribution in [1.82, 2.24) is 15.3 Å². The zero-order chi connectivity index (χ0) is 11.1. The van der Waals surface area contributed by atoms with E-state index in [1.807, 2.05) is 0 Å². The summed E-state index contributed by atoms with van der Waals surface area (Å²) in [6.45, 7) is 4.75. The average molecular weight is 219 g/mol. The number of amides is 4. The Balaban J connectivity index is 2.97. The lowest BCUT2D eigenvalue weighted by molar-refractivity contribution is -0.112. The van der Waals surface area contributed by atoms with Crippen LogP contribution < -0.4 is 5.32 Å². The Morgan fingerprint density at radius 1 is 1.50 bits per heavy atom. The number of nitrogens with zero attached hydrogens (tertiary/aromatic N) is 2. The molecule has 1 fully saturated rings. The lowest BCUT2D eigenvalue weighted by Gasteiger charge is -2.42. The van der Waals surface area contributed by atoms with E-state index >= 15 is 0 Å². The molecule has 1 aliphatic rings. The number of carbonyl (C=O) groups excluding carboxylic acids is 2. The number of hydrogen-bond donors (Lipinski definition) is 3. The highest BCUT2D eigenvalue weighted by atomic mass is 32.1. The zero-order valence-electron chi connectivity index (χ0n) is 8.18. The minimum atomic E-state index is -1.36. The van der Waals surface area contributed by atoms with Gasteiger partial charge < -0.3 is 5.32 Å². The highest BCUT2D eigenvalue weighted by Gasteiger charge is 2.44. The van der Waals surface area contributed by atoms with E-state index in [1.165, 1.54) is 6.92 Å². The fourth-order valence-electron chi connectivity index (χ4n) is 1.15. The molecule has 6 nitrogen and oxygen atoms in total. The number of urea groups is 2. The van der Waals surface area contributed by atoms with Crippen molar-refractivity contribution in [3.05, 3.63) is 0 Å². The van der Waals surface area contributed by atoms with Gasteiger partial charge in [-0.15, -0.1) is 12.6 Å². The van der Waals surface area contributed by atoms with Crippen LogP contribution in [0.5, 0.6) is 0 Å². The maximum atomic E-state index is 11.5. The van der Waals surface area contributed by atoms with Crippen molar-refractivity contribution in [3.63, 3.8) is 0 Å². The summed E-state index contributed by atoms with van der Waals surface area (Å²) in [6, 6.07) is -1.66. The predicted molar refractivity (Wildman–Crippen MR) is 51.9 cm³/mol. The maximum Gasteiger partial charge on any atom is 0.355 e. The van der Waals surface area contributed by atoms with Crippen molar-refractivity contribution in [2.45, 2.75) is 31.8 Å². The number of carbonyl (C=O) groups is 2. The van der Waals surface area contributed by atoms with Crippen LogP contribution in [-0.4, -0.2) is 38.3 Å². The van der Waals surface area contributed by atoms with Crippen LogP contribution in [0, 0.1) is 0 Å². The number of hydrogen-bond acceptors (Lipinski definition) is 4. The van der Waals surface area contributed by atoms with Crippen molar-refractivity contribution in [2.75, 3.05) is 0 Å². The number of thiol groups is 1. The molecular formula is C7H13N3O3S. The first-order valence-corrected chi connectivity index (χ1v) is 4.59. The molecule has 0 aliphatic carbocycles. The van der Waals surface area contributed by atoms with Crippen LogP contribution in [0.2, 0.25) is 0 Å². The third kappa shape index (κ3) is 1.64. The van der Waals surface area contributed by atoms with Gasteiger partial charge >= 0.3 is 12.1 Å². The molecule has 0 aromatic heterocycles. The van der Waals surface area contributed by atoms with Crippen molar-refractivity contribution < 1.29 is 14.8 Å². The van der Waals surface area contributed by atoms with E-state index in [-0.39, 0.29) is 6.04 Å². The highest BCUT2D eigenvalue weighted by Crippen LogP contribution is 2.22. The summed E-state index contributed by atoms with van der Waals surface area (Å²) in [4.78, 5) is 22.5. The van der Waals surface area contributed by atoms with Gasteiger partial charge in [0, 0.05) is 6.04 Å². The first-order chi connectivity index (χ1) is 6.27. The Bertz CT molecular complexity index is 279. The molecule has 1 aliphatic heterocycles. The molecule has 0 radical (unpaired) electrons. The number of nitrogens with one attached hydrogen (secondary N) is 1. The van der Waals surface area contributed by atoms with E-state index < -0.39 is 17.1 Å². The number of imide groups is 1. The van der Waals surface area contributed by atoms with Crippen molar-refractivity contribution in [3.8, 4) is 0 Å². The maximum absolute atomic E-state index is 11.5. The van der Waals surface area contributed by atoms with Crippen LogP contribution in [0.4, 0.5) is 9.59 Å². The molecule has 80 valence electrons. The minimum Gasteiger partial charge on any atom is -0.304 e. The molecule has 14 heavy (non-hydrogen) atoms. The van der Waals surface area contributed by atoms with E-state index in [0.29, 0.717) is 5.06 Å². The van der Waals surface area contributed by atoms with Crippen molar-refractivity contribution in [2.24, 2.45) is 0 Å². The second kappa shape index (κ2) is 3.32. The van der Waals surface area contributed by atoms with E-state index in [2.05, 4.69) is 17.9 Å². The zero-order valence-corrected chi connectivity index (χ0v) is 9.08. The van der Waals surface area contributed by atoms with Gasteiger partial charge in [-0.3, -0.25) is 5.21 Å². The molecule has 1 unspecified atom stereocenters. The molecule has 2 N–H and O–H groups in total. The standard InChI is InChI=1S/C7H13N3O3S/c1-4(2)9-5(11)8-7(3,14)10(13)6(9)12/h4,13-14H,1-3H3,(H,8,11). The molecule has 1 atom stereocenters. The molecule has 0 bridgehead atoms. The molecule has 0 aromatic carbocycles. The number of hydroxylamine groups is 2. The van der Waals surface area contributed by atoms with Gasteiger partial charge in [0.1, 0.15) is 0 Å². The van der Waals surface area contributed by atoms with Crippen LogP contribution in [-0.2, 0) is 0 Å². The summed E-state index contributed by atoms with van der Waals surface area (Å²) in [5.74, 6) is 0. The Kier molecular flexibility index (Phi) is 2.64. The van der Waals surface area contributed by atoms with Gasteiger partial charge in [-0.1, -0.05) is 0 Å². The van der Waals surface area contributed by atoms with Crippen LogP contribution in [0.25, 0.3) is 0 Å². The summed E-state index contributed by atoms with van der Waals surface area (Å²) < 4.78 is 0. The third-order valence-corrected chi connectivity index (χ3v) is 2.18. The summed E-state index contributed by atoms with van der Waals surface area (Å²) >= 11 is 3.94. The molecule has 0 saturated carbocycles. The average Bonchev–Trinajstić information content (AvgIpc) is 1.98. The smallest absolute Gasteiger partial charge is 0.304 e. The SMILES string of the molecule is CC(C)N1C(=O)NC(C)(S)N(O)C1=O. The van der Waals surface area contributed by atoms with Gasteiger partial charge in [-0.2, -0.15) is 5.06 Å². The van der Waals surface area contributed by atoms with E-state index in [0.717, 1.165) is 4.90 Å². The highest BCUT2D eigenvalue weighted by molar-refractivity contribution is 7.81. The predicted octanol–water partition coefficient (Wildman–Crippen LogP) is 0.835. The Morgan fingerprint density at radius 2 is 2.00 bits per heavy atom. The Morgan fingerprint density at radius 3 is 2.43 bits per heavy atom. The van der Waals surface area contributed by atoms with Crippen LogP contribution in [0.1, 0.15) is 20.8 Å². The third-order valence-electron chi connectivity index (χ3n) is 1.88. The summed E-state index contributed by atoms with van der Waals surface area (Å²) in [6.07, 6.45) is 0. The fraction of sp³-hybridized carbons (Fsp3) is 0.714. The molecule has 1 saturated heterocycles. The molecule has 7 heteroatoms. The largest absolute Gasteiger partial charge is 0.355 e. The van der Waals surface area contributed by atoms with Gasteiger partial charge in [-0.25, -0.2) is 14.5 Å². The topological polar surface area (TPSA) is 72.9 Å². The monoisotopic (exact) mass is 219 g/mol. The van der Waals surface area contributed by atoms with Crippen LogP contribution in [0.3, 0.4) is 0 Å². The summed E-state index contributed by atoms with van der Waals surface area (Å²) in [5, 5.41) is 12.2. The van der Waals surface area contributed by atoms with Crippen molar-refractivity contribution >= 4 is 24.7 Å². The van der Waals surface area contributed by atoms with Gasteiger partial charge in [0.15, 0.2) is 4.99 Å². The van der Waals surface area contributed by atoms with Crippen LogP contribution in [0.15, 0.2) is 0 Å². The molecule has 1 heterocycles. The molecular weight excluding hydrogens is 206 g/mol. The van der Waals surface area contributed by atoms with Crippen LogP contribution >= 0.6 is 12.6 Å². The number of rotatable bonds is 1. The first-order valence-electron chi connectivity index (χ1n) is 4.14. The van der Waals surface area contributed by atoms with E-state index in [9.17, 15) is 14.8 Å². The van der Waals surface area contributed by atoms with E-state index in [1.54, 1.807) is 13.8 Å². The molecule has 1 rings (SSSR count). The van der Waals surface area contributed by atoms with Gasteiger partial charge in [0.25, 0.3) is 0 Å². The van der Waals surface area contributed by atoms with E-state index in [4.69, 9.17) is 0 Å². The summed E-state index contributed by atoms with van der Waals surface area (Å²) in [5.41, 5.74) is 0. The summed E-state index contributed by atoms with van der Waals surface area (Å²) in [7, 11) is 0. The molecule has 0 spiro atoms. The normalized spacial score (nSPS) is 28.4. The Labute approximate surface area is 87.2 Å². The van der Waals surface area contributed by atoms with Gasteiger partial charge in [0.2, 0.25) is 0 Å². The van der Waals surface area contributed by atoms with Gasteiger partial charge in [-0.05, 0) is 20.8 Å². The molecule has 0 aromatic rings. The first kappa shape index (κ1) is 11.1. The lowest BCUT2D eigenvalue weighted by atomic mass is 10.3. The Hall–Kier alpha value is -0.950.